The second-order valence-corrected chi connectivity index (χ2v) is 6.57. The number of carbonyl (C=O) groups excluding carboxylic acids is 2. The molecule has 0 saturated heterocycles. The first-order chi connectivity index (χ1) is 15.1. The summed E-state index contributed by atoms with van der Waals surface area (Å²) in [5.41, 5.74) is 3.52. The van der Waals surface area contributed by atoms with E-state index in [9.17, 15) is 9.59 Å². The third kappa shape index (κ3) is 3.97. The molecule has 2 aromatic carbocycles. The smallest absolute Gasteiger partial charge is 0.343 e. The van der Waals surface area contributed by atoms with Crippen LogP contribution >= 0.6 is 0 Å². The van der Waals surface area contributed by atoms with Crippen LogP contribution in [0.4, 0.5) is 5.69 Å². The number of hydrogen-bond donors (Lipinski definition) is 1. The van der Waals surface area contributed by atoms with Gasteiger partial charge in [0.1, 0.15) is 5.56 Å². The summed E-state index contributed by atoms with van der Waals surface area (Å²) in [4.78, 5) is 29.0. The number of rotatable bonds is 5. The highest BCUT2D eigenvalue weighted by Gasteiger charge is 2.17. The van der Waals surface area contributed by atoms with E-state index in [0.29, 0.717) is 28.2 Å². The maximum absolute atomic E-state index is 12.6. The third-order valence-electron chi connectivity index (χ3n) is 4.57. The van der Waals surface area contributed by atoms with Crippen molar-refractivity contribution < 1.29 is 14.3 Å². The van der Waals surface area contributed by atoms with Gasteiger partial charge in [-0.15, -0.1) is 0 Å². The Labute approximate surface area is 177 Å². The molecule has 2 heterocycles. The quantitative estimate of drug-likeness (QED) is 0.502. The standard InChI is InChI=1S/C23H17N5O3/c1-2-31-23(30)19-14-26-28-20(9-10-25-21(19)28)16-6-4-8-18(12-16)27-22(29)17-7-3-5-15(11-17)13-24/h3-12,14H,2H2,1H3,(H,27,29). The summed E-state index contributed by atoms with van der Waals surface area (Å²) in [6.45, 7) is 1.99. The van der Waals surface area contributed by atoms with Gasteiger partial charge in [-0.3, -0.25) is 4.79 Å². The van der Waals surface area contributed by atoms with E-state index in [2.05, 4.69) is 15.4 Å². The molecule has 0 fully saturated rings. The van der Waals surface area contributed by atoms with Crippen molar-refractivity contribution in [2.75, 3.05) is 11.9 Å². The van der Waals surface area contributed by atoms with Crippen molar-refractivity contribution in [2.45, 2.75) is 6.92 Å². The maximum atomic E-state index is 12.6. The van der Waals surface area contributed by atoms with Gasteiger partial charge in [-0.1, -0.05) is 18.2 Å². The number of ether oxygens (including phenoxy) is 1. The first-order valence-electron chi connectivity index (χ1n) is 9.52. The zero-order chi connectivity index (χ0) is 21.8. The van der Waals surface area contributed by atoms with E-state index in [-0.39, 0.29) is 18.1 Å². The molecule has 4 aromatic rings. The zero-order valence-corrected chi connectivity index (χ0v) is 16.6. The molecule has 1 amide bonds. The topological polar surface area (TPSA) is 109 Å². The van der Waals surface area contributed by atoms with E-state index in [1.54, 1.807) is 60.1 Å². The van der Waals surface area contributed by atoms with Crippen LogP contribution in [0.5, 0.6) is 0 Å². The molecule has 0 atom stereocenters. The summed E-state index contributed by atoms with van der Waals surface area (Å²) in [5, 5.41) is 16.2. The number of amides is 1. The van der Waals surface area contributed by atoms with Crippen molar-refractivity contribution in [3.05, 3.63) is 83.7 Å². The lowest BCUT2D eigenvalue weighted by Gasteiger charge is -2.09. The van der Waals surface area contributed by atoms with E-state index >= 15 is 0 Å². The summed E-state index contributed by atoms with van der Waals surface area (Å²) in [6.07, 6.45) is 3.02. The fourth-order valence-electron chi connectivity index (χ4n) is 3.15. The molecule has 0 unspecified atom stereocenters. The number of fused-ring (bicyclic) bond motifs is 1. The lowest BCUT2D eigenvalue weighted by Crippen LogP contribution is -2.12. The first kappa shape index (κ1) is 19.8. The lowest BCUT2D eigenvalue weighted by atomic mass is 10.1. The van der Waals surface area contributed by atoms with Crippen LogP contribution in [0, 0.1) is 11.3 Å². The molecule has 0 aliphatic rings. The van der Waals surface area contributed by atoms with Gasteiger partial charge in [0.25, 0.3) is 5.91 Å². The largest absolute Gasteiger partial charge is 0.462 e. The SMILES string of the molecule is CCOC(=O)c1cnn2c(-c3cccc(NC(=O)c4cccc(C#N)c4)c3)ccnc12. The minimum atomic E-state index is -0.484. The molecule has 4 rings (SSSR count). The second kappa shape index (κ2) is 8.47. The van der Waals surface area contributed by atoms with Gasteiger partial charge in [0, 0.05) is 23.0 Å². The van der Waals surface area contributed by atoms with E-state index in [4.69, 9.17) is 10.00 Å². The average molecular weight is 411 g/mol. The number of aromatic nitrogens is 3. The molecule has 0 radical (unpaired) electrons. The number of carbonyl (C=O) groups is 2. The van der Waals surface area contributed by atoms with Crippen molar-refractivity contribution >= 4 is 23.2 Å². The number of nitriles is 1. The number of hydrogen-bond acceptors (Lipinski definition) is 6. The minimum Gasteiger partial charge on any atom is -0.462 e. The summed E-state index contributed by atoms with van der Waals surface area (Å²) < 4.78 is 6.62. The normalized spacial score (nSPS) is 10.5. The van der Waals surface area contributed by atoms with Crippen molar-refractivity contribution in [3.8, 4) is 17.3 Å². The molecule has 8 heteroatoms. The summed E-state index contributed by atoms with van der Waals surface area (Å²) in [6, 6.07) is 17.5. The Bertz CT molecular complexity index is 1340. The van der Waals surface area contributed by atoms with E-state index in [1.165, 1.54) is 12.3 Å². The molecule has 0 bridgehead atoms. The Morgan fingerprint density at radius 2 is 2.00 bits per heavy atom. The van der Waals surface area contributed by atoms with Gasteiger partial charge in [0.05, 0.1) is 30.1 Å². The zero-order valence-electron chi connectivity index (χ0n) is 16.6. The van der Waals surface area contributed by atoms with Crippen LogP contribution in [-0.4, -0.2) is 33.1 Å². The van der Waals surface area contributed by atoms with Gasteiger partial charge in [-0.2, -0.15) is 10.4 Å². The van der Waals surface area contributed by atoms with Gasteiger partial charge in [-0.25, -0.2) is 14.3 Å². The average Bonchev–Trinajstić information content (AvgIpc) is 3.24. The van der Waals surface area contributed by atoms with Crippen LogP contribution in [0.1, 0.15) is 33.2 Å². The number of anilines is 1. The van der Waals surface area contributed by atoms with E-state index in [1.807, 2.05) is 12.1 Å². The van der Waals surface area contributed by atoms with Crippen LogP contribution < -0.4 is 5.32 Å². The molecule has 1 N–H and O–H groups in total. The first-order valence-corrected chi connectivity index (χ1v) is 9.52. The van der Waals surface area contributed by atoms with Gasteiger partial charge < -0.3 is 10.1 Å². The molecule has 0 aliphatic carbocycles. The summed E-state index contributed by atoms with van der Waals surface area (Å²) in [5.74, 6) is -0.805. The van der Waals surface area contributed by atoms with Crippen LogP contribution in [0.3, 0.4) is 0 Å². The Kier molecular flexibility index (Phi) is 5.41. The Hall–Kier alpha value is -4.51. The Morgan fingerprint density at radius 1 is 1.16 bits per heavy atom. The second-order valence-electron chi connectivity index (χ2n) is 6.57. The van der Waals surface area contributed by atoms with Crippen molar-refractivity contribution in [2.24, 2.45) is 0 Å². The highest BCUT2D eigenvalue weighted by Crippen LogP contribution is 2.24. The van der Waals surface area contributed by atoms with Crippen LogP contribution in [0.15, 0.2) is 67.0 Å². The van der Waals surface area contributed by atoms with Gasteiger partial charge >= 0.3 is 5.97 Å². The van der Waals surface area contributed by atoms with Crippen molar-refractivity contribution in [1.82, 2.24) is 14.6 Å². The fraction of sp³-hybridized carbons (Fsp3) is 0.0870. The van der Waals surface area contributed by atoms with Gasteiger partial charge in [-0.05, 0) is 43.3 Å². The van der Waals surface area contributed by atoms with Gasteiger partial charge in [0.15, 0.2) is 5.65 Å². The minimum absolute atomic E-state index is 0.259. The molecule has 31 heavy (non-hydrogen) atoms. The van der Waals surface area contributed by atoms with E-state index < -0.39 is 5.97 Å². The molecular weight excluding hydrogens is 394 g/mol. The summed E-state index contributed by atoms with van der Waals surface area (Å²) in [7, 11) is 0. The predicted molar refractivity (Wildman–Crippen MR) is 113 cm³/mol. The molecule has 0 saturated carbocycles. The third-order valence-corrected chi connectivity index (χ3v) is 4.57. The highest BCUT2D eigenvalue weighted by atomic mass is 16.5. The monoisotopic (exact) mass is 411 g/mol. The number of nitrogens with zero attached hydrogens (tertiary/aromatic N) is 4. The lowest BCUT2D eigenvalue weighted by molar-refractivity contribution is 0.0528. The number of nitrogens with one attached hydrogen (secondary N) is 1. The Balaban J connectivity index is 1.66. The number of benzene rings is 2. The van der Waals surface area contributed by atoms with Crippen LogP contribution in [0.2, 0.25) is 0 Å². The molecule has 8 nitrogen and oxygen atoms in total. The molecular formula is C23H17N5O3. The van der Waals surface area contributed by atoms with Crippen molar-refractivity contribution in [1.29, 1.82) is 5.26 Å². The number of esters is 1. The predicted octanol–water partition coefficient (Wildman–Crippen LogP) is 3.70. The van der Waals surface area contributed by atoms with Crippen molar-refractivity contribution in [3.63, 3.8) is 0 Å². The molecule has 152 valence electrons. The van der Waals surface area contributed by atoms with E-state index in [0.717, 1.165) is 5.56 Å². The Morgan fingerprint density at radius 3 is 2.81 bits per heavy atom. The van der Waals surface area contributed by atoms with Crippen LogP contribution in [0.25, 0.3) is 16.9 Å². The summed E-state index contributed by atoms with van der Waals surface area (Å²) >= 11 is 0. The highest BCUT2D eigenvalue weighted by molar-refractivity contribution is 6.04. The molecule has 2 aromatic heterocycles. The van der Waals surface area contributed by atoms with Crippen LogP contribution in [-0.2, 0) is 4.74 Å². The van der Waals surface area contributed by atoms with Gasteiger partial charge in [0.2, 0.25) is 0 Å². The molecule has 0 spiro atoms. The molecule has 0 aliphatic heterocycles. The fourth-order valence-corrected chi connectivity index (χ4v) is 3.15. The maximum Gasteiger partial charge on any atom is 0.343 e.